The molecule has 7 heteroatoms. The first kappa shape index (κ1) is 14.5. The standard InChI is InChI=1S/C15H13FN4OS/c1-10(2)9-22-15-18-17-13-14(21)19(7-8-20(13)15)12-5-3-11(16)4-6-12/h3-8H,1,9H2,2H3. The van der Waals surface area contributed by atoms with Crippen molar-refractivity contribution in [3.05, 3.63) is 65.0 Å². The summed E-state index contributed by atoms with van der Waals surface area (Å²) in [7, 11) is 0. The van der Waals surface area contributed by atoms with Crippen molar-refractivity contribution in [3.8, 4) is 5.69 Å². The van der Waals surface area contributed by atoms with Gasteiger partial charge in [0.05, 0.1) is 0 Å². The van der Waals surface area contributed by atoms with Crippen LogP contribution in [0.15, 0.2) is 58.8 Å². The van der Waals surface area contributed by atoms with Gasteiger partial charge in [0.15, 0.2) is 5.16 Å². The van der Waals surface area contributed by atoms with Gasteiger partial charge in [-0.05, 0) is 31.2 Å². The van der Waals surface area contributed by atoms with E-state index in [0.29, 0.717) is 16.6 Å². The van der Waals surface area contributed by atoms with Crippen LogP contribution in [0.5, 0.6) is 0 Å². The second-order valence-electron chi connectivity index (χ2n) is 4.87. The smallest absolute Gasteiger partial charge is 0.280 e. The number of thioether (sulfide) groups is 1. The van der Waals surface area contributed by atoms with Gasteiger partial charge in [-0.2, -0.15) is 0 Å². The first-order valence-electron chi connectivity index (χ1n) is 6.56. The van der Waals surface area contributed by atoms with Crippen LogP contribution in [0.25, 0.3) is 11.3 Å². The molecular formula is C15H13FN4OS. The maximum atomic E-state index is 13.0. The zero-order valence-electron chi connectivity index (χ0n) is 11.9. The van der Waals surface area contributed by atoms with Crippen LogP contribution in [0.1, 0.15) is 6.92 Å². The van der Waals surface area contributed by atoms with Gasteiger partial charge in [0, 0.05) is 23.8 Å². The maximum absolute atomic E-state index is 13.0. The van der Waals surface area contributed by atoms with Crippen LogP contribution < -0.4 is 5.56 Å². The van der Waals surface area contributed by atoms with E-state index in [9.17, 15) is 9.18 Å². The lowest BCUT2D eigenvalue weighted by molar-refractivity contribution is 0.627. The number of benzene rings is 1. The number of nitrogens with zero attached hydrogens (tertiary/aromatic N) is 4. The highest BCUT2D eigenvalue weighted by atomic mass is 32.2. The average molecular weight is 316 g/mol. The van der Waals surface area contributed by atoms with Crippen LogP contribution in [0.4, 0.5) is 4.39 Å². The van der Waals surface area contributed by atoms with Crippen LogP contribution in [0.3, 0.4) is 0 Å². The molecule has 2 aromatic heterocycles. The third-order valence-electron chi connectivity index (χ3n) is 2.99. The van der Waals surface area contributed by atoms with Gasteiger partial charge in [0.25, 0.3) is 0 Å². The third-order valence-corrected chi connectivity index (χ3v) is 4.17. The molecular weight excluding hydrogens is 303 g/mol. The molecule has 0 saturated carbocycles. The van der Waals surface area contributed by atoms with Gasteiger partial charge in [-0.15, -0.1) is 10.2 Å². The van der Waals surface area contributed by atoms with E-state index in [1.807, 2.05) is 6.92 Å². The number of hydrogen-bond donors (Lipinski definition) is 0. The van der Waals surface area contributed by atoms with E-state index < -0.39 is 0 Å². The van der Waals surface area contributed by atoms with Crippen LogP contribution >= 0.6 is 11.8 Å². The fraction of sp³-hybridized carbons (Fsp3) is 0.133. The second-order valence-corrected chi connectivity index (χ2v) is 5.81. The highest BCUT2D eigenvalue weighted by molar-refractivity contribution is 7.99. The Hall–Kier alpha value is -2.41. The van der Waals surface area contributed by atoms with Crippen molar-refractivity contribution in [2.45, 2.75) is 12.1 Å². The Morgan fingerprint density at radius 2 is 2.00 bits per heavy atom. The van der Waals surface area contributed by atoms with Crippen molar-refractivity contribution in [3.63, 3.8) is 0 Å². The molecule has 0 N–H and O–H groups in total. The summed E-state index contributed by atoms with van der Waals surface area (Å²) in [5, 5.41) is 8.63. The predicted octanol–water partition coefficient (Wildman–Crippen LogP) is 2.69. The maximum Gasteiger partial charge on any atom is 0.300 e. The largest absolute Gasteiger partial charge is 0.300 e. The summed E-state index contributed by atoms with van der Waals surface area (Å²) >= 11 is 1.47. The molecule has 3 aromatic rings. The Morgan fingerprint density at radius 1 is 1.27 bits per heavy atom. The summed E-state index contributed by atoms with van der Waals surface area (Å²) in [5.74, 6) is 0.362. The van der Waals surface area contributed by atoms with Crippen molar-refractivity contribution in [1.29, 1.82) is 0 Å². The minimum Gasteiger partial charge on any atom is -0.280 e. The SMILES string of the molecule is C=C(C)CSc1nnc2c(=O)n(-c3ccc(F)cc3)ccn12. The number of aromatic nitrogens is 4. The summed E-state index contributed by atoms with van der Waals surface area (Å²) in [4.78, 5) is 12.5. The van der Waals surface area contributed by atoms with Crippen LogP contribution in [-0.4, -0.2) is 24.9 Å². The molecule has 22 heavy (non-hydrogen) atoms. The van der Waals surface area contributed by atoms with Gasteiger partial charge >= 0.3 is 5.56 Å². The van der Waals surface area contributed by atoms with Gasteiger partial charge in [-0.3, -0.25) is 13.8 Å². The van der Waals surface area contributed by atoms with Crippen molar-refractivity contribution in [1.82, 2.24) is 19.2 Å². The summed E-state index contributed by atoms with van der Waals surface area (Å²) in [5.41, 5.74) is 1.52. The van der Waals surface area contributed by atoms with Crippen molar-refractivity contribution in [2.75, 3.05) is 5.75 Å². The Kier molecular flexibility index (Phi) is 3.81. The first-order chi connectivity index (χ1) is 10.6. The van der Waals surface area contributed by atoms with Crippen molar-refractivity contribution >= 4 is 17.4 Å². The van der Waals surface area contributed by atoms with E-state index in [2.05, 4.69) is 16.8 Å². The van der Waals surface area contributed by atoms with Crippen LogP contribution in [0, 0.1) is 5.82 Å². The molecule has 0 aliphatic rings. The van der Waals surface area contributed by atoms with E-state index in [-0.39, 0.29) is 17.0 Å². The lowest BCUT2D eigenvalue weighted by Gasteiger charge is -2.06. The molecule has 0 atom stereocenters. The van der Waals surface area contributed by atoms with E-state index in [0.717, 1.165) is 5.57 Å². The molecule has 5 nitrogen and oxygen atoms in total. The molecule has 0 unspecified atom stereocenters. The highest BCUT2D eigenvalue weighted by Gasteiger charge is 2.11. The molecule has 3 rings (SSSR count). The van der Waals surface area contributed by atoms with E-state index >= 15 is 0 Å². The van der Waals surface area contributed by atoms with E-state index in [1.54, 1.807) is 28.9 Å². The average Bonchev–Trinajstić information content (AvgIpc) is 2.91. The normalized spacial score (nSPS) is 11.0. The fourth-order valence-electron chi connectivity index (χ4n) is 1.96. The molecule has 112 valence electrons. The first-order valence-corrected chi connectivity index (χ1v) is 7.54. The van der Waals surface area contributed by atoms with Gasteiger partial charge in [0.2, 0.25) is 5.65 Å². The van der Waals surface area contributed by atoms with E-state index in [4.69, 9.17) is 0 Å². The highest BCUT2D eigenvalue weighted by Crippen LogP contribution is 2.18. The van der Waals surface area contributed by atoms with Gasteiger partial charge in [-0.1, -0.05) is 23.9 Å². The minimum absolute atomic E-state index is 0.232. The minimum atomic E-state index is -0.348. The lowest BCUT2D eigenvalue weighted by atomic mass is 10.3. The Labute approximate surface area is 130 Å². The molecule has 1 aromatic carbocycles. The lowest BCUT2D eigenvalue weighted by Crippen LogP contribution is -2.20. The van der Waals surface area contributed by atoms with Gasteiger partial charge in [0.1, 0.15) is 5.82 Å². The number of hydrogen-bond acceptors (Lipinski definition) is 4. The third kappa shape index (κ3) is 2.67. The molecule has 0 saturated heterocycles. The van der Waals surface area contributed by atoms with Crippen molar-refractivity contribution in [2.24, 2.45) is 0 Å². The summed E-state index contributed by atoms with van der Waals surface area (Å²) in [6.07, 6.45) is 3.34. The molecule has 0 spiro atoms. The molecule has 0 bridgehead atoms. The van der Waals surface area contributed by atoms with Gasteiger partial charge < -0.3 is 0 Å². The quantitative estimate of drug-likeness (QED) is 0.548. The zero-order valence-corrected chi connectivity index (χ0v) is 12.7. The van der Waals surface area contributed by atoms with E-state index in [1.165, 1.54) is 28.5 Å². The summed E-state index contributed by atoms with van der Waals surface area (Å²) in [6, 6.07) is 5.70. The monoisotopic (exact) mass is 316 g/mol. The van der Waals surface area contributed by atoms with Crippen molar-refractivity contribution < 1.29 is 4.39 Å². The molecule has 0 radical (unpaired) electrons. The number of rotatable bonds is 4. The predicted molar refractivity (Wildman–Crippen MR) is 84.1 cm³/mol. The Morgan fingerprint density at radius 3 is 2.68 bits per heavy atom. The molecule has 0 aliphatic carbocycles. The molecule has 0 amide bonds. The summed E-state index contributed by atoms with van der Waals surface area (Å²) < 4.78 is 16.0. The molecule has 2 heterocycles. The summed E-state index contributed by atoms with van der Waals surface area (Å²) in [6.45, 7) is 5.77. The second kappa shape index (κ2) is 5.76. The topological polar surface area (TPSA) is 52.2 Å². The molecule has 0 fully saturated rings. The fourth-order valence-corrected chi connectivity index (χ4v) is 2.72. The Bertz CT molecular complexity index is 898. The van der Waals surface area contributed by atoms with Crippen LogP contribution in [-0.2, 0) is 0 Å². The number of halogens is 1. The molecule has 0 aliphatic heterocycles. The number of fused-ring (bicyclic) bond motifs is 1. The van der Waals surface area contributed by atoms with Crippen LogP contribution in [0.2, 0.25) is 0 Å². The Balaban J connectivity index is 2.05. The zero-order chi connectivity index (χ0) is 15.7. The van der Waals surface area contributed by atoms with Gasteiger partial charge in [-0.25, -0.2) is 4.39 Å².